The van der Waals surface area contributed by atoms with Crippen molar-refractivity contribution < 1.29 is 4.79 Å². The first-order valence-electron chi connectivity index (χ1n) is 7.61. The molecule has 23 heavy (non-hydrogen) atoms. The summed E-state index contributed by atoms with van der Waals surface area (Å²) in [6.07, 6.45) is 3.53. The molecule has 1 saturated heterocycles. The molecule has 0 aliphatic carbocycles. The molecular weight excluding hydrogens is 310 g/mol. The van der Waals surface area contributed by atoms with E-state index in [1.807, 2.05) is 40.1 Å². The van der Waals surface area contributed by atoms with Gasteiger partial charge in [-0.1, -0.05) is 6.07 Å². The zero-order valence-electron chi connectivity index (χ0n) is 13.1. The molecule has 3 heterocycles. The fourth-order valence-corrected chi connectivity index (χ4v) is 3.62. The van der Waals surface area contributed by atoms with Crippen molar-refractivity contribution in [1.29, 1.82) is 5.26 Å². The van der Waals surface area contributed by atoms with Crippen LogP contribution in [0.15, 0.2) is 29.9 Å². The number of nitriles is 1. The van der Waals surface area contributed by atoms with Crippen molar-refractivity contribution in [2.24, 2.45) is 0 Å². The van der Waals surface area contributed by atoms with Gasteiger partial charge in [-0.05, 0) is 18.4 Å². The van der Waals surface area contributed by atoms with Crippen LogP contribution in [0.4, 0.5) is 0 Å². The van der Waals surface area contributed by atoms with Gasteiger partial charge in [-0.3, -0.25) is 9.69 Å². The van der Waals surface area contributed by atoms with Crippen LogP contribution in [0.1, 0.15) is 16.7 Å². The van der Waals surface area contributed by atoms with E-state index in [-0.39, 0.29) is 11.9 Å². The van der Waals surface area contributed by atoms with E-state index in [4.69, 9.17) is 0 Å². The Morgan fingerprint density at radius 1 is 1.43 bits per heavy atom. The molecule has 1 aliphatic rings. The fourth-order valence-electron chi connectivity index (χ4n) is 2.82. The van der Waals surface area contributed by atoms with Crippen LogP contribution in [-0.4, -0.2) is 51.4 Å². The molecule has 2 aromatic heterocycles. The van der Waals surface area contributed by atoms with Crippen molar-refractivity contribution in [1.82, 2.24) is 19.4 Å². The molecule has 0 N–H and O–H groups in total. The second-order valence-corrected chi connectivity index (χ2v) is 6.55. The smallest absolute Gasteiger partial charge is 0.242 e. The largest absolute Gasteiger partial charge is 0.339 e. The number of carbonyl (C=O) groups excluding carboxylic acids is 1. The molecule has 1 atom stereocenters. The highest BCUT2D eigenvalue weighted by atomic mass is 32.1. The van der Waals surface area contributed by atoms with E-state index in [0.29, 0.717) is 19.6 Å². The topological polar surface area (TPSA) is 65.2 Å². The highest BCUT2D eigenvalue weighted by Gasteiger charge is 2.27. The first-order valence-corrected chi connectivity index (χ1v) is 8.49. The SMILES string of the molecule is Cc1nccn1CC(=O)N1CCN([C@@H](C#N)c2cccs2)CC1. The van der Waals surface area contributed by atoms with Gasteiger partial charge in [0.15, 0.2) is 0 Å². The molecule has 0 radical (unpaired) electrons. The van der Waals surface area contributed by atoms with Crippen LogP contribution >= 0.6 is 11.3 Å². The number of hydrogen-bond acceptors (Lipinski definition) is 5. The Bertz CT molecular complexity index is 694. The van der Waals surface area contributed by atoms with Gasteiger partial charge in [0, 0.05) is 43.4 Å². The van der Waals surface area contributed by atoms with E-state index < -0.39 is 0 Å². The molecule has 6 nitrogen and oxygen atoms in total. The van der Waals surface area contributed by atoms with Crippen molar-refractivity contribution in [2.75, 3.05) is 26.2 Å². The van der Waals surface area contributed by atoms with Gasteiger partial charge < -0.3 is 9.47 Å². The van der Waals surface area contributed by atoms with Crippen molar-refractivity contribution in [3.63, 3.8) is 0 Å². The molecule has 2 aromatic rings. The molecule has 3 rings (SSSR count). The maximum absolute atomic E-state index is 12.4. The molecule has 0 unspecified atom stereocenters. The molecular formula is C16H19N5OS. The average Bonchev–Trinajstić information content (AvgIpc) is 3.22. The van der Waals surface area contributed by atoms with Crippen molar-refractivity contribution >= 4 is 17.2 Å². The number of hydrogen-bond donors (Lipinski definition) is 0. The minimum Gasteiger partial charge on any atom is -0.339 e. The summed E-state index contributed by atoms with van der Waals surface area (Å²) < 4.78 is 1.86. The Morgan fingerprint density at radius 2 is 2.22 bits per heavy atom. The lowest BCUT2D eigenvalue weighted by Crippen LogP contribution is -2.50. The van der Waals surface area contributed by atoms with Crippen LogP contribution in [0, 0.1) is 18.3 Å². The summed E-state index contributed by atoms with van der Waals surface area (Å²) in [7, 11) is 0. The maximum Gasteiger partial charge on any atom is 0.242 e. The van der Waals surface area contributed by atoms with E-state index in [2.05, 4.69) is 16.0 Å². The highest BCUT2D eigenvalue weighted by molar-refractivity contribution is 7.10. The van der Waals surface area contributed by atoms with E-state index in [0.717, 1.165) is 23.8 Å². The van der Waals surface area contributed by atoms with Crippen LogP contribution in [0.5, 0.6) is 0 Å². The molecule has 7 heteroatoms. The number of aryl methyl sites for hydroxylation is 1. The van der Waals surface area contributed by atoms with E-state index in [9.17, 15) is 10.1 Å². The van der Waals surface area contributed by atoms with Gasteiger partial charge in [-0.15, -0.1) is 11.3 Å². The summed E-state index contributed by atoms with van der Waals surface area (Å²) in [5.41, 5.74) is 0. The predicted molar refractivity (Wildman–Crippen MR) is 87.8 cm³/mol. The zero-order valence-corrected chi connectivity index (χ0v) is 13.9. The Morgan fingerprint density at radius 3 is 2.78 bits per heavy atom. The Labute approximate surface area is 139 Å². The Balaban J connectivity index is 1.57. The molecule has 1 aliphatic heterocycles. The van der Waals surface area contributed by atoms with E-state index in [1.54, 1.807) is 17.5 Å². The van der Waals surface area contributed by atoms with Crippen LogP contribution in [0.2, 0.25) is 0 Å². The summed E-state index contributed by atoms with van der Waals surface area (Å²) in [4.78, 5) is 21.6. The number of amides is 1. The number of piperazine rings is 1. The minimum absolute atomic E-state index is 0.107. The fraction of sp³-hybridized carbons (Fsp3) is 0.438. The summed E-state index contributed by atoms with van der Waals surface area (Å²) in [6, 6.07) is 6.14. The first kappa shape index (κ1) is 15.7. The van der Waals surface area contributed by atoms with Gasteiger partial charge in [0.05, 0.1) is 6.07 Å². The molecule has 1 amide bonds. The van der Waals surface area contributed by atoms with Gasteiger partial charge >= 0.3 is 0 Å². The van der Waals surface area contributed by atoms with Gasteiger partial charge in [0.25, 0.3) is 0 Å². The number of aromatic nitrogens is 2. The third kappa shape index (κ3) is 3.44. The van der Waals surface area contributed by atoms with Gasteiger partial charge in [0.2, 0.25) is 5.91 Å². The molecule has 120 valence electrons. The second-order valence-electron chi connectivity index (χ2n) is 5.57. The maximum atomic E-state index is 12.4. The molecule has 0 bridgehead atoms. The summed E-state index contributed by atoms with van der Waals surface area (Å²) in [5.74, 6) is 0.953. The monoisotopic (exact) mass is 329 g/mol. The Hall–Kier alpha value is -2.17. The molecule has 0 saturated carbocycles. The lowest BCUT2D eigenvalue weighted by Gasteiger charge is -2.36. The van der Waals surface area contributed by atoms with E-state index in [1.165, 1.54) is 0 Å². The average molecular weight is 329 g/mol. The van der Waals surface area contributed by atoms with Crippen molar-refractivity contribution in [3.8, 4) is 6.07 Å². The molecule has 1 fully saturated rings. The number of carbonyl (C=O) groups is 1. The lowest BCUT2D eigenvalue weighted by molar-refractivity contribution is -0.133. The number of nitrogens with zero attached hydrogens (tertiary/aromatic N) is 5. The van der Waals surface area contributed by atoms with Gasteiger partial charge in [0.1, 0.15) is 18.4 Å². The lowest BCUT2D eigenvalue weighted by atomic mass is 10.2. The molecule has 0 aromatic carbocycles. The van der Waals surface area contributed by atoms with Gasteiger partial charge in [-0.25, -0.2) is 4.98 Å². The summed E-state index contributed by atoms with van der Waals surface area (Å²) >= 11 is 1.61. The normalized spacial score (nSPS) is 17.0. The quantitative estimate of drug-likeness (QED) is 0.856. The van der Waals surface area contributed by atoms with Gasteiger partial charge in [-0.2, -0.15) is 5.26 Å². The number of thiophene rings is 1. The third-order valence-corrected chi connectivity index (χ3v) is 5.12. The first-order chi connectivity index (χ1) is 11.2. The number of rotatable bonds is 4. The summed E-state index contributed by atoms with van der Waals surface area (Å²) in [6.45, 7) is 5.00. The van der Waals surface area contributed by atoms with Crippen LogP contribution in [0.25, 0.3) is 0 Å². The number of imidazole rings is 1. The van der Waals surface area contributed by atoms with Crippen molar-refractivity contribution in [3.05, 3.63) is 40.6 Å². The van der Waals surface area contributed by atoms with Crippen LogP contribution in [-0.2, 0) is 11.3 Å². The predicted octanol–water partition coefficient (Wildman–Crippen LogP) is 1.66. The Kier molecular flexibility index (Phi) is 4.74. The summed E-state index contributed by atoms with van der Waals surface area (Å²) in [5, 5.41) is 11.4. The van der Waals surface area contributed by atoms with Crippen molar-refractivity contribution in [2.45, 2.75) is 19.5 Å². The van der Waals surface area contributed by atoms with Crippen LogP contribution < -0.4 is 0 Å². The van der Waals surface area contributed by atoms with E-state index >= 15 is 0 Å². The van der Waals surface area contributed by atoms with Crippen LogP contribution in [0.3, 0.4) is 0 Å². The molecule has 0 spiro atoms. The standard InChI is InChI=1S/C16H19N5OS/c1-13-18-4-5-21(13)12-16(22)20-8-6-19(7-9-20)14(11-17)15-3-2-10-23-15/h2-5,10,14H,6-9,12H2,1H3/t14-/m0/s1. The second kappa shape index (κ2) is 6.94. The third-order valence-electron chi connectivity index (χ3n) is 4.20. The zero-order chi connectivity index (χ0) is 16.2. The minimum atomic E-state index is -0.205. The highest BCUT2D eigenvalue weighted by Crippen LogP contribution is 2.25.